The highest BCUT2D eigenvalue weighted by Gasteiger charge is 2.12. The summed E-state index contributed by atoms with van der Waals surface area (Å²) in [5.41, 5.74) is 2.18. The topological polar surface area (TPSA) is 47.3 Å². The molecule has 0 saturated heterocycles. The molecule has 120 valence electrons. The van der Waals surface area contributed by atoms with E-state index >= 15 is 0 Å². The van der Waals surface area contributed by atoms with E-state index in [1.54, 1.807) is 4.68 Å². The molecule has 1 heterocycles. The van der Waals surface area contributed by atoms with Gasteiger partial charge in [-0.3, -0.25) is 4.68 Å². The Morgan fingerprint density at radius 1 is 1.04 bits per heavy atom. The minimum Gasteiger partial charge on any atom is -0.453 e. The first kappa shape index (κ1) is 15.6. The summed E-state index contributed by atoms with van der Waals surface area (Å²) < 4.78 is 7.95. The van der Waals surface area contributed by atoms with Crippen molar-refractivity contribution in [3.05, 3.63) is 53.9 Å². The SMILES string of the molecule is CCc1nn(CCO)cc1Oc1cccc2cccc(CC)c12. The number of aliphatic hydroxyl groups is 1. The normalized spacial score (nSPS) is 11.1. The quantitative estimate of drug-likeness (QED) is 0.750. The van der Waals surface area contributed by atoms with Crippen LogP contribution >= 0.6 is 0 Å². The first-order chi connectivity index (χ1) is 11.3. The van der Waals surface area contributed by atoms with Crippen LogP contribution in [-0.2, 0) is 19.4 Å². The van der Waals surface area contributed by atoms with Gasteiger partial charge in [-0.1, -0.05) is 44.2 Å². The number of fused-ring (bicyclic) bond motifs is 1. The zero-order valence-electron chi connectivity index (χ0n) is 13.6. The maximum atomic E-state index is 9.09. The summed E-state index contributed by atoms with van der Waals surface area (Å²) >= 11 is 0. The van der Waals surface area contributed by atoms with Crippen LogP contribution in [0, 0.1) is 0 Å². The molecule has 1 N–H and O–H groups in total. The van der Waals surface area contributed by atoms with E-state index in [9.17, 15) is 0 Å². The highest BCUT2D eigenvalue weighted by Crippen LogP contribution is 2.34. The van der Waals surface area contributed by atoms with Crippen molar-refractivity contribution in [3.8, 4) is 11.5 Å². The molecule has 0 radical (unpaired) electrons. The van der Waals surface area contributed by atoms with Gasteiger partial charge in [0.15, 0.2) is 5.75 Å². The Labute approximate surface area is 136 Å². The van der Waals surface area contributed by atoms with Gasteiger partial charge in [0.05, 0.1) is 19.3 Å². The lowest BCUT2D eigenvalue weighted by Gasteiger charge is -2.11. The fourth-order valence-corrected chi connectivity index (χ4v) is 2.87. The lowest BCUT2D eigenvalue weighted by atomic mass is 10.0. The van der Waals surface area contributed by atoms with Crippen LogP contribution in [0.5, 0.6) is 11.5 Å². The first-order valence-electron chi connectivity index (χ1n) is 8.12. The molecule has 0 amide bonds. The van der Waals surface area contributed by atoms with E-state index in [1.807, 2.05) is 18.3 Å². The molecule has 0 atom stereocenters. The van der Waals surface area contributed by atoms with Crippen LogP contribution in [0.1, 0.15) is 25.1 Å². The van der Waals surface area contributed by atoms with Crippen molar-refractivity contribution in [2.45, 2.75) is 33.2 Å². The molecule has 0 aliphatic heterocycles. The van der Waals surface area contributed by atoms with Crippen LogP contribution in [0.4, 0.5) is 0 Å². The van der Waals surface area contributed by atoms with E-state index in [1.165, 1.54) is 10.9 Å². The third-order valence-electron chi connectivity index (χ3n) is 4.02. The number of aryl methyl sites for hydroxylation is 2. The predicted molar refractivity (Wildman–Crippen MR) is 92.1 cm³/mol. The molecule has 0 fully saturated rings. The average Bonchev–Trinajstić information content (AvgIpc) is 2.96. The van der Waals surface area contributed by atoms with E-state index in [2.05, 4.69) is 43.2 Å². The molecular formula is C19H22N2O2. The van der Waals surface area contributed by atoms with Gasteiger partial charge >= 0.3 is 0 Å². The third kappa shape index (κ3) is 3.08. The van der Waals surface area contributed by atoms with Crippen molar-refractivity contribution >= 4 is 10.8 Å². The second kappa shape index (κ2) is 6.84. The molecule has 4 nitrogen and oxygen atoms in total. The lowest BCUT2D eigenvalue weighted by Crippen LogP contribution is -2.02. The van der Waals surface area contributed by atoms with E-state index in [0.717, 1.165) is 35.4 Å². The van der Waals surface area contributed by atoms with Gasteiger partial charge in [0.1, 0.15) is 11.4 Å². The Balaban J connectivity index is 2.05. The van der Waals surface area contributed by atoms with Crippen molar-refractivity contribution in [2.24, 2.45) is 0 Å². The maximum Gasteiger partial charge on any atom is 0.168 e. The Bertz CT molecular complexity index is 803. The Morgan fingerprint density at radius 2 is 1.83 bits per heavy atom. The molecule has 1 aromatic heterocycles. The standard InChI is InChI=1S/C19H22N2O2/c1-3-14-7-5-8-15-9-6-10-17(19(14)15)23-18-13-21(11-12-22)20-16(18)4-2/h5-10,13,22H,3-4,11-12H2,1-2H3. The van der Waals surface area contributed by atoms with Crippen molar-refractivity contribution < 1.29 is 9.84 Å². The second-order valence-corrected chi connectivity index (χ2v) is 5.51. The summed E-state index contributed by atoms with van der Waals surface area (Å²) in [6.07, 6.45) is 3.61. The van der Waals surface area contributed by atoms with Crippen LogP contribution in [0.15, 0.2) is 42.6 Å². The van der Waals surface area contributed by atoms with Crippen molar-refractivity contribution in [1.29, 1.82) is 0 Å². The largest absolute Gasteiger partial charge is 0.453 e. The molecule has 0 spiro atoms. The Hall–Kier alpha value is -2.33. The highest BCUT2D eigenvalue weighted by atomic mass is 16.5. The van der Waals surface area contributed by atoms with Crippen molar-refractivity contribution in [2.75, 3.05) is 6.61 Å². The summed E-state index contributed by atoms with van der Waals surface area (Å²) in [6, 6.07) is 12.5. The fraction of sp³-hybridized carbons (Fsp3) is 0.316. The summed E-state index contributed by atoms with van der Waals surface area (Å²) in [6.45, 7) is 4.76. The Morgan fingerprint density at radius 3 is 2.52 bits per heavy atom. The van der Waals surface area contributed by atoms with Gasteiger partial charge in [-0.2, -0.15) is 5.10 Å². The number of hydrogen-bond donors (Lipinski definition) is 1. The number of aliphatic hydroxyl groups excluding tert-OH is 1. The fourth-order valence-electron chi connectivity index (χ4n) is 2.87. The van der Waals surface area contributed by atoms with Crippen LogP contribution in [-0.4, -0.2) is 21.5 Å². The zero-order chi connectivity index (χ0) is 16.2. The minimum atomic E-state index is 0.0680. The van der Waals surface area contributed by atoms with Gasteiger partial charge in [0.25, 0.3) is 0 Å². The number of ether oxygens (including phenoxy) is 1. The minimum absolute atomic E-state index is 0.0680. The third-order valence-corrected chi connectivity index (χ3v) is 4.02. The van der Waals surface area contributed by atoms with Crippen molar-refractivity contribution in [3.63, 3.8) is 0 Å². The van der Waals surface area contributed by atoms with Gasteiger partial charge in [-0.05, 0) is 29.9 Å². The van der Waals surface area contributed by atoms with Gasteiger partial charge in [-0.15, -0.1) is 0 Å². The van der Waals surface area contributed by atoms with E-state index in [0.29, 0.717) is 6.54 Å². The predicted octanol–water partition coefficient (Wildman–Crippen LogP) is 3.95. The van der Waals surface area contributed by atoms with E-state index in [4.69, 9.17) is 9.84 Å². The van der Waals surface area contributed by atoms with Gasteiger partial charge in [-0.25, -0.2) is 0 Å². The van der Waals surface area contributed by atoms with Gasteiger partial charge in [0.2, 0.25) is 0 Å². The molecule has 2 aromatic carbocycles. The van der Waals surface area contributed by atoms with Crippen LogP contribution < -0.4 is 4.74 Å². The monoisotopic (exact) mass is 310 g/mol. The molecule has 0 aliphatic carbocycles. The molecule has 4 heteroatoms. The number of aromatic nitrogens is 2. The summed E-state index contributed by atoms with van der Waals surface area (Å²) in [5, 5.41) is 15.9. The first-order valence-corrected chi connectivity index (χ1v) is 8.12. The number of nitrogens with zero attached hydrogens (tertiary/aromatic N) is 2. The van der Waals surface area contributed by atoms with Crippen LogP contribution in [0.3, 0.4) is 0 Å². The second-order valence-electron chi connectivity index (χ2n) is 5.51. The highest BCUT2D eigenvalue weighted by molar-refractivity contribution is 5.91. The molecule has 3 rings (SSSR count). The Kier molecular flexibility index (Phi) is 4.63. The number of benzene rings is 2. The molecule has 3 aromatic rings. The summed E-state index contributed by atoms with van der Waals surface area (Å²) in [4.78, 5) is 0. The van der Waals surface area contributed by atoms with Gasteiger partial charge < -0.3 is 9.84 Å². The van der Waals surface area contributed by atoms with Gasteiger partial charge in [0, 0.05) is 5.39 Å². The summed E-state index contributed by atoms with van der Waals surface area (Å²) in [7, 11) is 0. The number of rotatable bonds is 6. The molecule has 0 bridgehead atoms. The smallest absolute Gasteiger partial charge is 0.168 e. The lowest BCUT2D eigenvalue weighted by molar-refractivity contribution is 0.269. The van der Waals surface area contributed by atoms with Crippen LogP contribution in [0.2, 0.25) is 0 Å². The van der Waals surface area contributed by atoms with E-state index < -0.39 is 0 Å². The molecular weight excluding hydrogens is 288 g/mol. The maximum absolute atomic E-state index is 9.09. The zero-order valence-corrected chi connectivity index (χ0v) is 13.6. The average molecular weight is 310 g/mol. The molecule has 0 saturated carbocycles. The number of hydrogen-bond acceptors (Lipinski definition) is 3. The summed E-state index contributed by atoms with van der Waals surface area (Å²) in [5.74, 6) is 1.62. The molecule has 23 heavy (non-hydrogen) atoms. The van der Waals surface area contributed by atoms with E-state index in [-0.39, 0.29) is 6.61 Å². The molecule has 0 unspecified atom stereocenters. The van der Waals surface area contributed by atoms with Crippen molar-refractivity contribution in [1.82, 2.24) is 9.78 Å². The van der Waals surface area contributed by atoms with Crippen LogP contribution in [0.25, 0.3) is 10.8 Å². The molecule has 0 aliphatic rings.